The van der Waals surface area contributed by atoms with Crippen molar-refractivity contribution in [3.63, 3.8) is 0 Å². The zero-order valence-corrected chi connectivity index (χ0v) is 14.2. The van der Waals surface area contributed by atoms with Gasteiger partial charge in [-0.1, -0.05) is 6.08 Å². The Morgan fingerprint density at radius 1 is 1.24 bits per heavy atom. The zero-order valence-electron chi connectivity index (χ0n) is 14.2. The molecule has 0 saturated carbocycles. The molecule has 1 saturated heterocycles. The van der Waals surface area contributed by atoms with Gasteiger partial charge in [0.1, 0.15) is 0 Å². The summed E-state index contributed by atoms with van der Waals surface area (Å²) < 4.78 is 14.0. The van der Waals surface area contributed by atoms with Crippen LogP contribution in [-0.2, 0) is 16.4 Å². The van der Waals surface area contributed by atoms with Crippen LogP contribution in [0.5, 0.6) is 0 Å². The number of aromatic nitrogens is 2. The second-order valence-electron chi connectivity index (χ2n) is 6.72. The summed E-state index contributed by atoms with van der Waals surface area (Å²) in [7, 11) is 1.54. The minimum absolute atomic E-state index is 0.356. The maximum atomic E-state index is 6.08. The molecular formula is C15H26BN3O2. The van der Waals surface area contributed by atoms with Crippen LogP contribution in [-0.4, -0.2) is 34.6 Å². The van der Waals surface area contributed by atoms with Gasteiger partial charge in [-0.15, -0.1) is 0 Å². The minimum Gasteiger partial charge on any atom is -0.400 e. The molecule has 0 amide bonds. The summed E-state index contributed by atoms with van der Waals surface area (Å²) in [6.07, 6.45) is 2.06. The third-order valence-electron chi connectivity index (χ3n) is 4.69. The summed E-state index contributed by atoms with van der Waals surface area (Å²) in [5, 5.41) is 4.43. The third-order valence-corrected chi connectivity index (χ3v) is 4.69. The second kappa shape index (κ2) is 5.27. The van der Waals surface area contributed by atoms with E-state index < -0.39 is 7.12 Å². The van der Waals surface area contributed by atoms with E-state index in [0.29, 0.717) is 6.54 Å². The highest BCUT2D eigenvalue weighted by Crippen LogP contribution is 2.38. The van der Waals surface area contributed by atoms with Crippen molar-refractivity contribution >= 4 is 13.2 Å². The molecule has 0 bridgehead atoms. The highest BCUT2D eigenvalue weighted by molar-refractivity contribution is 6.55. The number of aryl methyl sites for hydroxylation is 2. The molecule has 2 N–H and O–H groups in total. The van der Waals surface area contributed by atoms with Crippen LogP contribution in [0, 0.1) is 13.8 Å². The summed E-state index contributed by atoms with van der Waals surface area (Å²) in [5.41, 5.74) is 9.34. The number of nitrogens with zero attached hydrogens (tertiary/aromatic N) is 2. The van der Waals surface area contributed by atoms with Gasteiger partial charge in [0.05, 0.1) is 16.9 Å². The van der Waals surface area contributed by atoms with Crippen LogP contribution in [0.2, 0.25) is 0 Å². The van der Waals surface area contributed by atoms with Crippen LogP contribution in [0.15, 0.2) is 5.47 Å². The van der Waals surface area contributed by atoms with Gasteiger partial charge in [-0.3, -0.25) is 4.68 Å². The Balaban J connectivity index is 2.35. The van der Waals surface area contributed by atoms with Crippen LogP contribution < -0.4 is 5.73 Å². The summed E-state index contributed by atoms with van der Waals surface area (Å²) in [5.74, 6) is 0. The minimum atomic E-state index is -0.404. The topological polar surface area (TPSA) is 62.3 Å². The first-order chi connectivity index (χ1) is 9.59. The maximum Gasteiger partial charge on any atom is 0.491 e. The fraction of sp³-hybridized carbons (Fsp3) is 0.667. The molecule has 1 aliphatic heterocycles. The van der Waals surface area contributed by atoms with Crippen molar-refractivity contribution in [2.75, 3.05) is 6.54 Å². The molecule has 116 valence electrons. The molecule has 2 rings (SSSR count). The van der Waals surface area contributed by atoms with Gasteiger partial charge in [-0.25, -0.2) is 0 Å². The van der Waals surface area contributed by atoms with E-state index in [-0.39, 0.29) is 11.2 Å². The van der Waals surface area contributed by atoms with E-state index in [1.54, 1.807) is 0 Å². The molecule has 1 aliphatic rings. The number of hydrogen-bond donors (Lipinski definition) is 1. The highest BCUT2D eigenvalue weighted by Gasteiger charge is 2.52. The SMILES string of the molecule is Cc1nn(C)c(C)c1C=C(CN)B1OC(C)(C)C(C)(C)O1. The Morgan fingerprint density at radius 2 is 1.76 bits per heavy atom. The fourth-order valence-corrected chi connectivity index (χ4v) is 2.40. The van der Waals surface area contributed by atoms with Crippen LogP contribution >= 0.6 is 0 Å². The van der Waals surface area contributed by atoms with E-state index >= 15 is 0 Å². The first-order valence-corrected chi connectivity index (χ1v) is 7.35. The van der Waals surface area contributed by atoms with Crippen molar-refractivity contribution in [1.29, 1.82) is 0 Å². The molecule has 1 aromatic heterocycles. The molecule has 1 fully saturated rings. The molecule has 0 atom stereocenters. The predicted octanol–water partition coefficient (Wildman–Crippen LogP) is 2.01. The van der Waals surface area contributed by atoms with Gasteiger partial charge in [0.25, 0.3) is 0 Å². The normalized spacial score (nSPS) is 21.1. The summed E-state index contributed by atoms with van der Waals surface area (Å²) in [6.45, 7) is 12.6. The molecule has 5 nitrogen and oxygen atoms in total. The molecule has 1 aromatic rings. The Morgan fingerprint density at radius 3 is 2.14 bits per heavy atom. The van der Waals surface area contributed by atoms with Gasteiger partial charge in [-0.05, 0) is 47.0 Å². The van der Waals surface area contributed by atoms with Crippen LogP contribution in [0.1, 0.15) is 44.6 Å². The second-order valence-corrected chi connectivity index (χ2v) is 6.72. The molecule has 6 heteroatoms. The van der Waals surface area contributed by atoms with Crippen molar-refractivity contribution in [3.8, 4) is 0 Å². The Kier molecular flexibility index (Phi) is 4.08. The van der Waals surface area contributed by atoms with Crippen molar-refractivity contribution in [1.82, 2.24) is 9.78 Å². The Labute approximate surface area is 127 Å². The average molecular weight is 291 g/mol. The summed E-state index contributed by atoms with van der Waals surface area (Å²) in [4.78, 5) is 0. The van der Waals surface area contributed by atoms with E-state index in [1.807, 2.05) is 53.3 Å². The van der Waals surface area contributed by atoms with Crippen molar-refractivity contribution < 1.29 is 9.31 Å². The van der Waals surface area contributed by atoms with Crippen LogP contribution in [0.3, 0.4) is 0 Å². The van der Waals surface area contributed by atoms with Gasteiger partial charge in [0, 0.05) is 24.8 Å². The smallest absolute Gasteiger partial charge is 0.400 e. The van der Waals surface area contributed by atoms with Crippen molar-refractivity contribution in [2.24, 2.45) is 12.8 Å². The van der Waals surface area contributed by atoms with Crippen LogP contribution in [0.25, 0.3) is 6.08 Å². The lowest BCUT2D eigenvalue weighted by atomic mass is 9.77. The fourth-order valence-electron chi connectivity index (χ4n) is 2.40. The molecular weight excluding hydrogens is 265 g/mol. The lowest BCUT2D eigenvalue weighted by molar-refractivity contribution is 0.00578. The number of hydrogen-bond acceptors (Lipinski definition) is 4. The lowest BCUT2D eigenvalue weighted by Crippen LogP contribution is -2.41. The monoisotopic (exact) mass is 291 g/mol. The summed E-state index contributed by atoms with van der Waals surface area (Å²) >= 11 is 0. The molecule has 0 unspecified atom stereocenters. The van der Waals surface area contributed by atoms with E-state index in [4.69, 9.17) is 15.0 Å². The van der Waals surface area contributed by atoms with E-state index in [0.717, 1.165) is 22.4 Å². The van der Waals surface area contributed by atoms with Crippen molar-refractivity contribution in [3.05, 3.63) is 22.4 Å². The Bertz CT molecular complexity index is 560. The van der Waals surface area contributed by atoms with Gasteiger partial charge >= 0.3 is 7.12 Å². The van der Waals surface area contributed by atoms with Gasteiger partial charge in [-0.2, -0.15) is 5.10 Å². The van der Waals surface area contributed by atoms with Gasteiger partial charge in [0.2, 0.25) is 0 Å². The first-order valence-electron chi connectivity index (χ1n) is 7.35. The van der Waals surface area contributed by atoms with Crippen molar-refractivity contribution in [2.45, 2.75) is 52.7 Å². The molecule has 2 heterocycles. The average Bonchev–Trinajstić information content (AvgIpc) is 2.71. The van der Waals surface area contributed by atoms with Gasteiger partial charge < -0.3 is 15.0 Å². The quantitative estimate of drug-likeness (QED) is 0.865. The molecule has 0 aromatic carbocycles. The predicted molar refractivity (Wildman–Crippen MR) is 85.8 cm³/mol. The molecule has 0 radical (unpaired) electrons. The van der Waals surface area contributed by atoms with Gasteiger partial charge in [0.15, 0.2) is 0 Å². The summed E-state index contributed by atoms with van der Waals surface area (Å²) in [6, 6.07) is 0. The Hall–Kier alpha value is -1.11. The van der Waals surface area contributed by atoms with E-state index in [9.17, 15) is 0 Å². The largest absolute Gasteiger partial charge is 0.491 e. The lowest BCUT2D eigenvalue weighted by Gasteiger charge is -2.32. The number of nitrogens with two attached hydrogens (primary N) is 1. The maximum absolute atomic E-state index is 6.08. The third kappa shape index (κ3) is 2.80. The van der Waals surface area contributed by atoms with E-state index in [2.05, 4.69) is 11.2 Å². The first kappa shape index (κ1) is 16.3. The molecule has 0 spiro atoms. The highest BCUT2D eigenvalue weighted by atomic mass is 16.7. The van der Waals surface area contributed by atoms with E-state index in [1.165, 1.54) is 0 Å². The molecule has 21 heavy (non-hydrogen) atoms. The molecule has 0 aliphatic carbocycles. The zero-order chi connectivity index (χ0) is 16.0. The standard InChI is InChI=1S/C15H26BN3O2/c1-10-13(11(2)19(7)18-10)8-12(9-17)16-20-14(3,4)15(5,6)21-16/h8H,9,17H2,1-7H3. The number of rotatable bonds is 3. The van der Waals surface area contributed by atoms with Crippen LogP contribution in [0.4, 0.5) is 0 Å².